The lowest BCUT2D eigenvalue weighted by atomic mass is 9.99. The van der Waals surface area contributed by atoms with Gasteiger partial charge in [-0.1, -0.05) is 0 Å². The SMILES string of the molecule is COC(=O)c1ccc(O)c(C(O)C(O)CCO)c1. The highest BCUT2D eigenvalue weighted by Crippen LogP contribution is 2.28. The number of aliphatic hydroxyl groups is 3. The van der Waals surface area contributed by atoms with Crippen LogP contribution >= 0.6 is 0 Å². The lowest BCUT2D eigenvalue weighted by Crippen LogP contribution is -2.20. The fraction of sp³-hybridized carbons (Fsp3) is 0.417. The number of esters is 1. The van der Waals surface area contributed by atoms with Crippen molar-refractivity contribution in [3.8, 4) is 5.75 Å². The molecule has 6 nitrogen and oxygen atoms in total. The van der Waals surface area contributed by atoms with Gasteiger partial charge in [-0.3, -0.25) is 0 Å². The van der Waals surface area contributed by atoms with Crippen LogP contribution in [0.2, 0.25) is 0 Å². The predicted molar refractivity (Wildman–Crippen MR) is 62.1 cm³/mol. The third-order valence-corrected chi connectivity index (χ3v) is 2.56. The maximum atomic E-state index is 11.3. The Bertz CT molecular complexity index is 417. The monoisotopic (exact) mass is 256 g/mol. The van der Waals surface area contributed by atoms with Gasteiger partial charge in [-0.2, -0.15) is 0 Å². The molecule has 0 aromatic heterocycles. The maximum Gasteiger partial charge on any atom is 0.337 e. The molecular weight excluding hydrogens is 240 g/mol. The van der Waals surface area contributed by atoms with Crippen molar-refractivity contribution in [2.45, 2.75) is 18.6 Å². The van der Waals surface area contributed by atoms with E-state index in [9.17, 15) is 20.1 Å². The largest absolute Gasteiger partial charge is 0.508 e. The van der Waals surface area contributed by atoms with E-state index < -0.39 is 18.2 Å². The number of carbonyl (C=O) groups is 1. The molecule has 0 heterocycles. The van der Waals surface area contributed by atoms with Crippen LogP contribution in [-0.2, 0) is 4.74 Å². The summed E-state index contributed by atoms with van der Waals surface area (Å²) in [4.78, 5) is 11.3. The third-order valence-electron chi connectivity index (χ3n) is 2.56. The topological polar surface area (TPSA) is 107 Å². The molecule has 0 aliphatic rings. The van der Waals surface area contributed by atoms with Crippen LogP contribution in [0.5, 0.6) is 5.75 Å². The first-order valence-corrected chi connectivity index (χ1v) is 5.39. The average molecular weight is 256 g/mol. The number of hydrogen-bond donors (Lipinski definition) is 4. The Morgan fingerprint density at radius 2 is 2.06 bits per heavy atom. The average Bonchev–Trinajstić information content (AvgIpc) is 2.37. The molecule has 0 bridgehead atoms. The van der Waals surface area contributed by atoms with Crippen molar-refractivity contribution in [2.75, 3.05) is 13.7 Å². The van der Waals surface area contributed by atoms with Gasteiger partial charge in [0.2, 0.25) is 0 Å². The molecular formula is C12H16O6. The first-order valence-electron chi connectivity index (χ1n) is 5.39. The minimum atomic E-state index is -1.39. The Hall–Kier alpha value is -1.63. The first-order chi connectivity index (χ1) is 8.51. The van der Waals surface area contributed by atoms with E-state index >= 15 is 0 Å². The van der Waals surface area contributed by atoms with Crippen LogP contribution in [-0.4, -0.2) is 46.2 Å². The minimum Gasteiger partial charge on any atom is -0.508 e. The number of phenols is 1. The van der Waals surface area contributed by atoms with Crippen LogP contribution < -0.4 is 0 Å². The standard InChI is InChI=1S/C12H16O6/c1-18-12(17)7-2-3-9(14)8(6-7)11(16)10(15)4-5-13/h2-3,6,10-11,13-16H,4-5H2,1H3. The summed E-state index contributed by atoms with van der Waals surface area (Å²) < 4.78 is 4.51. The van der Waals surface area contributed by atoms with Gasteiger partial charge in [-0.25, -0.2) is 4.79 Å². The Labute approximate surface area is 104 Å². The Morgan fingerprint density at radius 1 is 1.39 bits per heavy atom. The Balaban J connectivity index is 3.03. The van der Waals surface area contributed by atoms with E-state index in [0.29, 0.717) is 0 Å². The van der Waals surface area contributed by atoms with Gasteiger partial charge < -0.3 is 25.2 Å². The van der Waals surface area contributed by atoms with Gasteiger partial charge in [-0.05, 0) is 24.6 Å². The van der Waals surface area contributed by atoms with E-state index in [2.05, 4.69) is 4.74 Å². The smallest absolute Gasteiger partial charge is 0.337 e. The van der Waals surface area contributed by atoms with E-state index in [-0.39, 0.29) is 29.9 Å². The van der Waals surface area contributed by atoms with Crippen molar-refractivity contribution in [3.05, 3.63) is 29.3 Å². The molecule has 1 aromatic rings. The zero-order chi connectivity index (χ0) is 13.7. The quantitative estimate of drug-likeness (QED) is 0.550. The van der Waals surface area contributed by atoms with E-state index in [4.69, 9.17) is 5.11 Å². The summed E-state index contributed by atoms with van der Waals surface area (Å²) in [7, 11) is 1.21. The van der Waals surface area contributed by atoms with Gasteiger partial charge in [-0.15, -0.1) is 0 Å². The van der Waals surface area contributed by atoms with E-state index in [1.165, 1.54) is 25.3 Å². The van der Waals surface area contributed by atoms with Crippen LogP contribution in [0.15, 0.2) is 18.2 Å². The summed E-state index contributed by atoms with van der Waals surface area (Å²) in [5.41, 5.74) is 0.166. The van der Waals surface area contributed by atoms with E-state index in [0.717, 1.165) is 0 Å². The molecule has 0 saturated heterocycles. The van der Waals surface area contributed by atoms with Crippen molar-refractivity contribution in [2.24, 2.45) is 0 Å². The predicted octanol–water partition coefficient (Wildman–Crippen LogP) is -0.0445. The molecule has 1 aromatic carbocycles. The number of rotatable bonds is 5. The Morgan fingerprint density at radius 3 is 2.61 bits per heavy atom. The zero-order valence-corrected chi connectivity index (χ0v) is 9.91. The van der Waals surface area contributed by atoms with Crippen molar-refractivity contribution >= 4 is 5.97 Å². The van der Waals surface area contributed by atoms with Gasteiger partial charge in [0.25, 0.3) is 0 Å². The molecule has 0 aliphatic heterocycles. The normalized spacial score (nSPS) is 14.0. The van der Waals surface area contributed by atoms with Gasteiger partial charge in [0, 0.05) is 12.2 Å². The van der Waals surface area contributed by atoms with Crippen LogP contribution in [0.1, 0.15) is 28.4 Å². The number of carbonyl (C=O) groups excluding carboxylic acids is 1. The lowest BCUT2D eigenvalue weighted by Gasteiger charge is -2.18. The number of aromatic hydroxyl groups is 1. The van der Waals surface area contributed by atoms with Gasteiger partial charge in [0.05, 0.1) is 18.8 Å². The minimum absolute atomic E-state index is 0.0128. The maximum absolute atomic E-state index is 11.3. The zero-order valence-electron chi connectivity index (χ0n) is 9.91. The molecule has 6 heteroatoms. The highest BCUT2D eigenvalue weighted by Gasteiger charge is 2.22. The summed E-state index contributed by atoms with van der Waals surface area (Å²) in [5, 5.41) is 37.6. The third kappa shape index (κ3) is 3.19. The second-order valence-electron chi connectivity index (χ2n) is 3.79. The van der Waals surface area contributed by atoms with Crippen LogP contribution in [0.25, 0.3) is 0 Å². The van der Waals surface area contributed by atoms with Crippen molar-refractivity contribution < 1.29 is 30.0 Å². The molecule has 0 amide bonds. The van der Waals surface area contributed by atoms with Crippen molar-refractivity contribution in [3.63, 3.8) is 0 Å². The molecule has 18 heavy (non-hydrogen) atoms. The van der Waals surface area contributed by atoms with Gasteiger partial charge >= 0.3 is 5.97 Å². The Kier molecular flexibility index (Phi) is 5.08. The van der Waals surface area contributed by atoms with Crippen LogP contribution in [0.3, 0.4) is 0 Å². The number of phenolic OH excluding ortho intramolecular Hbond substituents is 1. The molecule has 100 valence electrons. The summed E-state index contributed by atoms with van der Waals surface area (Å²) in [6.45, 7) is -0.296. The number of ether oxygens (including phenoxy) is 1. The second-order valence-corrected chi connectivity index (χ2v) is 3.79. The van der Waals surface area contributed by atoms with E-state index in [1.54, 1.807) is 0 Å². The molecule has 2 atom stereocenters. The molecule has 1 rings (SSSR count). The molecule has 2 unspecified atom stereocenters. The highest BCUT2D eigenvalue weighted by atomic mass is 16.5. The second kappa shape index (κ2) is 6.34. The summed E-state index contributed by atoms with van der Waals surface area (Å²) >= 11 is 0. The molecule has 4 N–H and O–H groups in total. The molecule has 0 radical (unpaired) electrons. The van der Waals surface area contributed by atoms with Crippen LogP contribution in [0.4, 0.5) is 0 Å². The fourth-order valence-corrected chi connectivity index (χ4v) is 1.53. The summed E-state index contributed by atoms with van der Waals surface area (Å²) in [6.07, 6.45) is -2.65. The van der Waals surface area contributed by atoms with Crippen molar-refractivity contribution in [1.29, 1.82) is 0 Å². The molecule has 0 saturated carbocycles. The molecule has 0 aliphatic carbocycles. The van der Waals surface area contributed by atoms with Crippen molar-refractivity contribution in [1.82, 2.24) is 0 Å². The van der Waals surface area contributed by atoms with E-state index in [1.807, 2.05) is 0 Å². The van der Waals surface area contributed by atoms with Gasteiger partial charge in [0.15, 0.2) is 0 Å². The number of benzene rings is 1. The summed E-state index contributed by atoms with van der Waals surface area (Å²) in [6, 6.07) is 3.82. The number of aliphatic hydroxyl groups excluding tert-OH is 3. The number of hydrogen-bond acceptors (Lipinski definition) is 6. The van der Waals surface area contributed by atoms with Crippen LogP contribution in [0, 0.1) is 0 Å². The fourth-order valence-electron chi connectivity index (χ4n) is 1.53. The van der Waals surface area contributed by atoms with Gasteiger partial charge in [0.1, 0.15) is 11.9 Å². The summed E-state index contributed by atoms with van der Waals surface area (Å²) in [5.74, 6) is -0.854. The lowest BCUT2D eigenvalue weighted by molar-refractivity contribution is 0.00297. The molecule has 0 fully saturated rings. The molecule has 0 spiro atoms. The highest BCUT2D eigenvalue weighted by molar-refractivity contribution is 5.89. The number of methoxy groups -OCH3 is 1. The first kappa shape index (κ1) is 14.4.